The van der Waals surface area contributed by atoms with Gasteiger partial charge >= 0.3 is 0 Å². The zero-order chi connectivity index (χ0) is 29.1. The van der Waals surface area contributed by atoms with E-state index in [0.29, 0.717) is 30.3 Å². The summed E-state index contributed by atoms with van der Waals surface area (Å²) in [7, 11) is 1.41. The first-order valence-corrected chi connectivity index (χ1v) is 13.6. The number of aliphatic hydroxyl groups excluding tert-OH is 1. The number of aryl methyl sites for hydroxylation is 1. The highest BCUT2D eigenvalue weighted by Crippen LogP contribution is 2.36. The molecule has 3 aromatic rings. The van der Waals surface area contributed by atoms with Crippen molar-refractivity contribution in [2.75, 3.05) is 38.8 Å². The van der Waals surface area contributed by atoms with E-state index in [9.17, 15) is 19.1 Å². The van der Waals surface area contributed by atoms with Crippen LogP contribution >= 0.6 is 0 Å². The molecule has 1 saturated heterocycles. The largest absolute Gasteiger partial charge is 0.497 e. The standard InChI is InChI=1S/C30H34FN5O5/c1-17-14-32-30(33-22-6-8-41-9-7-22)35-28(17)19-4-5-24-18(2)36(29(39)25(24)12-19)15-27(38)34-26(16-37)20-10-21(31)13-23(11-20)40-3/h4-5,10-14,18,22,26,37H,6-9,15-16H2,1-3H3,(H,34,38)(H,32,33,35)/t18-,26-/m1/s1. The van der Waals surface area contributed by atoms with Crippen molar-refractivity contribution in [3.05, 3.63) is 70.7 Å². The summed E-state index contributed by atoms with van der Waals surface area (Å²) in [5.41, 5.74) is 4.07. The van der Waals surface area contributed by atoms with Crippen molar-refractivity contribution in [1.29, 1.82) is 0 Å². The molecule has 2 amide bonds. The van der Waals surface area contributed by atoms with E-state index in [1.165, 1.54) is 24.1 Å². The molecule has 2 aliphatic rings. The summed E-state index contributed by atoms with van der Waals surface area (Å²) in [5.74, 6) is -0.495. The number of benzene rings is 2. The van der Waals surface area contributed by atoms with Crippen LogP contribution < -0.4 is 15.4 Å². The van der Waals surface area contributed by atoms with Crippen LogP contribution in [-0.4, -0.2) is 71.3 Å². The van der Waals surface area contributed by atoms with Crippen molar-refractivity contribution in [3.63, 3.8) is 0 Å². The summed E-state index contributed by atoms with van der Waals surface area (Å²) in [5, 5.41) is 16.0. The van der Waals surface area contributed by atoms with Gasteiger partial charge in [-0.25, -0.2) is 14.4 Å². The smallest absolute Gasteiger partial charge is 0.255 e. The molecule has 1 aromatic heterocycles. The summed E-state index contributed by atoms with van der Waals surface area (Å²) in [6, 6.07) is 8.67. The van der Waals surface area contributed by atoms with Crippen LogP contribution in [0.5, 0.6) is 5.75 Å². The molecule has 0 bridgehead atoms. The predicted octanol–water partition coefficient (Wildman–Crippen LogP) is 3.56. The topological polar surface area (TPSA) is 126 Å². The van der Waals surface area contributed by atoms with Crippen LogP contribution in [0.1, 0.15) is 58.9 Å². The minimum atomic E-state index is -0.862. The number of carbonyl (C=O) groups is 2. The minimum absolute atomic E-state index is 0.224. The fourth-order valence-corrected chi connectivity index (χ4v) is 5.32. The van der Waals surface area contributed by atoms with Gasteiger partial charge in [0.15, 0.2) is 0 Å². The Morgan fingerprint density at radius 2 is 2.02 bits per heavy atom. The second-order valence-electron chi connectivity index (χ2n) is 10.4. The van der Waals surface area contributed by atoms with Crippen molar-refractivity contribution in [1.82, 2.24) is 20.2 Å². The number of amides is 2. The maximum Gasteiger partial charge on any atom is 0.255 e. The number of hydrogen-bond donors (Lipinski definition) is 3. The zero-order valence-corrected chi connectivity index (χ0v) is 23.3. The third-order valence-corrected chi connectivity index (χ3v) is 7.63. The summed E-state index contributed by atoms with van der Waals surface area (Å²) in [6.07, 6.45) is 3.54. The second-order valence-corrected chi connectivity index (χ2v) is 10.4. The fourth-order valence-electron chi connectivity index (χ4n) is 5.32. The molecule has 0 unspecified atom stereocenters. The first-order valence-electron chi connectivity index (χ1n) is 13.6. The number of aromatic nitrogens is 2. The number of anilines is 1. The van der Waals surface area contributed by atoms with E-state index < -0.39 is 24.4 Å². The van der Waals surface area contributed by atoms with Crippen LogP contribution in [0.2, 0.25) is 0 Å². The molecule has 11 heteroatoms. The number of nitrogens with one attached hydrogen (secondary N) is 2. The molecule has 1 fully saturated rings. The summed E-state index contributed by atoms with van der Waals surface area (Å²) in [6.45, 7) is 4.53. The van der Waals surface area contributed by atoms with Gasteiger partial charge < -0.3 is 30.1 Å². The van der Waals surface area contributed by atoms with Crippen molar-refractivity contribution < 1.29 is 28.6 Å². The molecule has 216 valence electrons. The predicted molar refractivity (Wildman–Crippen MR) is 150 cm³/mol. The van der Waals surface area contributed by atoms with Crippen LogP contribution in [0.15, 0.2) is 42.6 Å². The van der Waals surface area contributed by atoms with Crippen LogP contribution in [0.25, 0.3) is 11.3 Å². The molecule has 2 aliphatic heterocycles. The van der Waals surface area contributed by atoms with Gasteiger partial charge in [-0.1, -0.05) is 12.1 Å². The van der Waals surface area contributed by atoms with E-state index in [1.807, 2.05) is 32.0 Å². The molecule has 0 aliphatic carbocycles. The number of hydrogen-bond acceptors (Lipinski definition) is 8. The number of rotatable bonds is 9. The number of fused-ring (bicyclic) bond motifs is 1. The van der Waals surface area contributed by atoms with Gasteiger partial charge in [-0.3, -0.25) is 9.59 Å². The van der Waals surface area contributed by atoms with Gasteiger partial charge in [0.25, 0.3) is 5.91 Å². The molecule has 5 rings (SSSR count). The Morgan fingerprint density at radius 1 is 1.24 bits per heavy atom. The highest BCUT2D eigenvalue weighted by Gasteiger charge is 2.35. The second kappa shape index (κ2) is 12.2. The number of halogens is 1. The molecule has 3 heterocycles. The van der Waals surface area contributed by atoms with E-state index in [1.54, 1.807) is 12.3 Å². The molecule has 2 atom stereocenters. The molecule has 2 aromatic carbocycles. The lowest BCUT2D eigenvalue weighted by atomic mass is 9.99. The lowest BCUT2D eigenvalue weighted by Crippen LogP contribution is -2.41. The molecular weight excluding hydrogens is 529 g/mol. The molecule has 0 radical (unpaired) electrons. The number of nitrogens with zero attached hydrogens (tertiary/aromatic N) is 3. The maximum absolute atomic E-state index is 14.0. The minimum Gasteiger partial charge on any atom is -0.497 e. The van der Waals surface area contributed by atoms with Gasteiger partial charge in [0.05, 0.1) is 31.5 Å². The normalized spacial score (nSPS) is 17.7. The lowest BCUT2D eigenvalue weighted by molar-refractivity contribution is -0.123. The molecule has 3 N–H and O–H groups in total. The Labute approximate surface area is 237 Å². The molecule has 0 spiro atoms. The van der Waals surface area contributed by atoms with E-state index >= 15 is 0 Å². The van der Waals surface area contributed by atoms with Crippen LogP contribution in [0.4, 0.5) is 10.3 Å². The first kappa shape index (κ1) is 28.4. The lowest BCUT2D eigenvalue weighted by Gasteiger charge is -2.24. The number of carbonyl (C=O) groups excluding carboxylic acids is 2. The number of methoxy groups -OCH3 is 1. The fraction of sp³-hybridized carbons (Fsp3) is 0.400. The van der Waals surface area contributed by atoms with Crippen LogP contribution in [0.3, 0.4) is 0 Å². The maximum atomic E-state index is 14.0. The van der Waals surface area contributed by atoms with Gasteiger partial charge in [0.1, 0.15) is 18.1 Å². The van der Waals surface area contributed by atoms with E-state index in [0.717, 1.165) is 35.2 Å². The monoisotopic (exact) mass is 563 g/mol. The Balaban J connectivity index is 1.31. The Morgan fingerprint density at radius 3 is 2.76 bits per heavy atom. The van der Waals surface area contributed by atoms with Gasteiger partial charge in [-0.05, 0) is 61.6 Å². The van der Waals surface area contributed by atoms with E-state index in [2.05, 4.69) is 15.6 Å². The molecular formula is C30H34FN5O5. The third-order valence-electron chi connectivity index (χ3n) is 7.63. The van der Waals surface area contributed by atoms with Crippen molar-refractivity contribution >= 4 is 17.8 Å². The number of ether oxygens (including phenoxy) is 2. The Bertz CT molecular complexity index is 1440. The highest BCUT2D eigenvalue weighted by atomic mass is 19.1. The van der Waals surface area contributed by atoms with Crippen molar-refractivity contribution in [3.8, 4) is 17.0 Å². The summed E-state index contributed by atoms with van der Waals surface area (Å²) in [4.78, 5) is 37.1. The van der Waals surface area contributed by atoms with Crippen LogP contribution in [-0.2, 0) is 9.53 Å². The summed E-state index contributed by atoms with van der Waals surface area (Å²) >= 11 is 0. The van der Waals surface area contributed by atoms with Gasteiger partial charge in [-0.2, -0.15) is 0 Å². The Kier molecular flexibility index (Phi) is 8.46. The zero-order valence-electron chi connectivity index (χ0n) is 23.3. The van der Waals surface area contributed by atoms with Gasteiger partial charge in [-0.15, -0.1) is 0 Å². The first-order chi connectivity index (χ1) is 19.8. The van der Waals surface area contributed by atoms with Gasteiger partial charge in [0.2, 0.25) is 11.9 Å². The van der Waals surface area contributed by atoms with Gasteiger partial charge in [0, 0.05) is 42.6 Å². The average Bonchev–Trinajstić information content (AvgIpc) is 3.21. The molecule has 41 heavy (non-hydrogen) atoms. The van der Waals surface area contributed by atoms with Crippen molar-refractivity contribution in [2.45, 2.75) is 44.8 Å². The average molecular weight is 564 g/mol. The third kappa shape index (κ3) is 6.15. The number of aliphatic hydroxyl groups is 1. The summed E-state index contributed by atoms with van der Waals surface area (Å²) < 4.78 is 24.5. The molecule has 0 saturated carbocycles. The SMILES string of the molecule is COc1cc(F)cc([C@@H](CO)NC(=O)CN2C(=O)c3cc(-c4nc(NC5CCOCC5)ncc4C)ccc3[C@H]2C)c1. The van der Waals surface area contributed by atoms with E-state index in [4.69, 9.17) is 14.5 Å². The quantitative estimate of drug-likeness (QED) is 0.361. The highest BCUT2D eigenvalue weighted by molar-refractivity contribution is 6.02. The van der Waals surface area contributed by atoms with Crippen molar-refractivity contribution in [2.24, 2.45) is 0 Å². The van der Waals surface area contributed by atoms with E-state index in [-0.39, 0.29) is 30.3 Å². The Hall–Kier alpha value is -4.09. The van der Waals surface area contributed by atoms with Crippen LogP contribution in [0, 0.1) is 12.7 Å². The molecule has 10 nitrogen and oxygen atoms in total.